The van der Waals surface area contributed by atoms with Gasteiger partial charge in [-0.05, 0) is 29.8 Å². The summed E-state index contributed by atoms with van der Waals surface area (Å²) in [6.45, 7) is 0. The molecule has 0 bridgehead atoms. The second-order valence-electron chi connectivity index (χ2n) is 3.30. The van der Waals surface area contributed by atoms with Crippen molar-refractivity contribution in [1.82, 2.24) is 3.97 Å². The molecule has 3 nitrogen and oxygen atoms in total. The highest BCUT2D eigenvalue weighted by Gasteiger charge is 2.14. The molecule has 0 unspecified atom stereocenters. The first-order chi connectivity index (χ1) is 7.64. The van der Waals surface area contributed by atoms with Crippen molar-refractivity contribution < 1.29 is 8.42 Å². The molecular weight excluding hydrogens is 290 g/mol. The van der Waals surface area contributed by atoms with Crippen LogP contribution in [-0.4, -0.2) is 12.4 Å². The number of alkyl halides is 1. The van der Waals surface area contributed by atoms with Crippen LogP contribution in [-0.2, 0) is 15.4 Å². The van der Waals surface area contributed by atoms with Gasteiger partial charge in [0.2, 0.25) is 0 Å². The van der Waals surface area contributed by atoms with Gasteiger partial charge in [-0.15, -0.1) is 0 Å². The fourth-order valence-electron chi connectivity index (χ4n) is 1.35. The topological polar surface area (TPSA) is 39.1 Å². The van der Waals surface area contributed by atoms with E-state index in [4.69, 9.17) is 0 Å². The van der Waals surface area contributed by atoms with Gasteiger partial charge >= 0.3 is 0 Å². The van der Waals surface area contributed by atoms with Gasteiger partial charge in [0, 0.05) is 17.7 Å². The Hall–Kier alpha value is -1.07. The molecule has 16 heavy (non-hydrogen) atoms. The summed E-state index contributed by atoms with van der Waals surface area (Å²) < 4.78 is 25.3. The summed E-state index contributed by atoms with van der Waals surface area (Å²) in [6, 6.07) is 10.2. The fourth-order valence-corrected chi connectivity index (χ4v) is 2.91. The zero-order chi connectivity index (χ0) is 11.6. The van der Waals surface area contributed by atoms with Crippen LogP contribution >= 0.6 is 15.9 Å². The molecule has 84 valence electrons. The van der Waals surface area contributed by atoms with Crippen LogP contribution in [0.5, 0.6) is 0 Å². The van der Waals surface area contributed by atoms with Crippen LogP contribution < -0.4 is 0 Å². The van der Waals surface area contributed by atoms with Crippen molar-refractivity contribution in [3.8, 4) is 0 Å². The predicted molar refractivity (Wildman–Crippen MR) is 66.1 cm³/mol. The summed E-state index contributed by atoms with van der Waals surface area (Å²) >= 11 is 3.32. The van der Waals surface area contributed by atoms with Crippen molar-refractivity contribution in [2.75, 3.05) is 0 Å². The first kappa shape index (κ1) is 11.4. The Kier molecular flexibility index (Phi) is 3.16. The molecule has 0 fully saturated rings. The molecule has 0 N–H and O–H groups in total. The van der Waals surface area contributed by atoms with E-state index in [2.05, 4.69) is 15.9 Å². The predicted octanol–water partition coefficient (Wildman–Crippen LogP) is 2.62. The number of halogens is 1. The van der Waals surface area contributed by atoms with Crippen LogP contribution in [0.3, 0.4) is 0 Å². The first-order valence-corrected chi connectivity index (χ1v) is 7.24. The van der Waals surface area contributed by atoms with E-state index < -0.39 is 10.0 Å². The number of benzene rings is 1. The molecule has 5 heteroatoms. The molecule has 0 atom stereocenters. The van der Waals surface area contributed by atoms with Gasteiger partial charge in [-0.25, -0.2) is 12.4 Å². The highest BCUT2D eigenvalue weighted by Crippen LogP contribution is 2.15. The van der Waals surface area contributed by atoms with Crippen molar-refractivity contribution in [3.05, 3.63) is 54.4 Å². The van der Waals surface area contributed by atoms with Crippen molar-refractivity contribution >= 4 is 26.0 Å². The lowest BCUT2D eigenvalue weighted by molar-refractivity contribution is 0.587. The SMILES string of the molecule is O=S(=O)(c1ccc(CBr)cc1)n1cccc1. The van der Waals surface area contributed by atoms with Gasteiger partial charge in [-0.2, -0.15) is 0 Å². The molecule has 0 saturated heterocycles. The second-order valence-corrected chi connectivity index (χ2v) is 5.70. The fraction of sp³-hybridized carbons (Fsp3) is 0.0909. The summed E-state index contributed by atoms with van der Waals surface area (Å²) in [4.78, 5) is 0.299. The highest BCUT2D eigenvalue weighted by atomic mass is 79.9. The molecule has 0 radical (unpaired) electrons. The van der Waals surface area contributed by atoms with E-state index in [0.29, 0.717) is 4.90 Å². The molecule has 0 amide bonds. The van der Waals surface area contributed by atoms with E-state index in [1.165, 1.54) is 16.4 Å². The van der Waals surface area contributed by atoms with Gasteiger partial charge in [-0.3, -0.25) is 0 Å². The van der Waals surface area contributed by atoms with E-state index in [-0.39, 0.29) is 0 Å². The Bertz CT molecular complexity index is 559. The van der Waals surface area contributed by atoms with Crippen molar-refractivity contribution in [3.63, 3.8) is 0 Å². The lowest BCUT2D eigenvalue weighted by Gasteiger charge is -2.05. The van der Waals surface area contributed by atoms with Gasteiger partial charge in [0.1, 0.15) is 0 Å². The summed E-state index contributed by atoms with van der Waals surface area (Å²) in [5, 5.41) is 0.719. The van der Waals surface area contributed by atoms with Gasteiger partial charge < -0.3 is 0 Å². The Morgan fingerprint density at radius 3 is 2.12 bits per heavy atom. The first-order valence-electron chi connectivity index (χ1n) is 4.68. The third-order valence-corrected chi connectivity index (χ3v) is 4.54. The van der Waals surface area contributed by atoms with Gasteiger partial charge in [-0.1, -0.05) is 28.1 Å². The van der Waals surface area contributed by atoms with Crippen LogP contribution in [0.4, 0.5) is 0 Å². The van der Waals surface area contributed by atoms with Crippen LogP contribution in [0.25, 0.3) is 0 Å². The van der Waals surface area contributed by atoms with E-state index in [1.54, 1.807) is 36.4 Å². The quantitative estimate of drug-likeness (QED) is 0.817. The molecule has 2 aromatic rings. The Morgan fingerprint density at radius 2 is 1.62 bits per heavy atom. The summed E-state index contributed by atoms with van der Waals surface area (Å²) in [5.74, 6) is 0. The monoisotopic (exact) mass is 299 g/mol. The zero-order valence-corrected chi connectivity index (χ0v) is 10.8. The molecule has 0 spiro atoms. The van der Waals surface area contributed by atoms with E-state index >= 15 is 0 Å². The molecule has 1 aromatic heterocycles. The minimum Gasteiger partial charge on any atom is -0.249 e. The number of nitrogens with zero attached hydrogens (tertiary/aromatic N) is 1. The van der Waals surface area contributed by atoms with Gasteiger partial charge in [0.05, 0.1) is 4.90 Å². The Balaban J connectivity index is 2.44. The summed E-state index contributed by atoms with van der Waals surface area (Å²) in [5.41, 5.74) is 1.05. The molecule has 1 heterocycles. The lowest BCUT2D eigenvalue weighted by Crippen LogP contribution is -2.10. The Morgan fingerprint density at radius 1 is 1.06 bits per heavy atom. The van der Waals surface area contributed by atoms with Crippen molar-refractivity contribution in [1.29, 1.82) is 0 Å². The molecular formula is C11H10BrNO2S. The molecule has 1 aromatic carbocycles. The van der Waals surface area contributed by atoms with Gasteiger partial charge in [0.15, 0.2) is 0 Å². The minimum atomic E-state index is -3.42. The number of hydrogen-bond donors (Lipinski definition) is 0. The van der Waals surface area contributed by atoms with Gasteiger partial charge in [0.25, 0.3) is 10.0 Å². The van der Waals surface area contributed by atoms with Crippen molar-refractivity contribution in [2.45, 2.75) is 10.2 Å². The second kappa shape index (κ2) is 4.43. The molecule has 0 saturated carbocycles. The maximum absolute atomic E-state index is 12.0. The summed E-state index contributed by atoms with van der Waals surface area (Å²) in [6.07, 6.45) is 3.04. The number of aromatic nitrogens is 1. The Labute approximate surface area is 103 Å². The van der Waals surface area contributed by atoms with E-state index in [1.807, 2.05) is 0 Å². The van der Waals surface area contributed by atoms with Crippen LogP contribution in [0.1, 0.15) is 5.56 Å². The minimum absolute atomic E-state index is 0.299. The van der Waals surface area contributed by atoms with Crippen molar-refractivity contribution in [2.24, 2.45) is 0 Å². The normalized spacial score (nSPS) is 11.6. The molecule has 0 aliphatic rings. The average Bonchev–Trinajstić information content (AvgIpc) is 2.83. The average molecular weight is 300 g/mol. The smallest absolute Gasteiger partial charge is 0.249 e. The largest absolute Gasteiger partial charge is 0.267 e. The van der Waals surface area contributed by atoms with Crippen LogP contribution in [0, 0.1) is 0 Å². The molecule has 2 rings (SSSR count). The number of hydrogen-bond acceptors (Lipinski definition) is 2. The maximum Gasteiger partial charge on any atom is 0.267 e. The summed E-state index contributed by atoms with van der Waals surface area (Å²) in [7, 11) is -3.42. The maximum atomic E-state index is 12.0. The third kappa shape index (κ3) is 2.05. The lowest BCUT2D eigenvalue weighted by atomic mass is 10.2. The van der Waals surface area contributed by atoms with E-state index in [9.17, 15) is 8.42 Å². The van der Waals surface area contributed by atoms with Crippen LogP contribution in [0.2, 0.25) is 0 Å². The van der Waals surface area contributed by atoms with Crippen LogP contribution in [0.15, 0.2) is 53.7 Å². The molecule has 0 aliphatic carbocycles. The third-order valence-electron chi connectivity index (χ3n) is 2.23. The number of rotatable bonds is 3. The van der Waals surface area contributed by atoms with E-state index in [0.717, 1.165) is 10.9 Å². The standard InChI is InChI=1S/C11H10BrNO2S/c12-9-10-3-5-11(6-4-10)16(14,15)13-7-1-2-8-13/h1-8H,9H2. The molecule has 0 aliphatic heterocycles. The zero-order valence-electron chi connectivity index (χ0n) is 8.38. The highest BCUT2D eigenvalue weighted by molar-refractivity contribution is 9.08.